The zero-order chi connectivity index (χ0) is 13.0. The average molecular weight is 255 g/mol. The lowest BCUT2D eigenvalue weighted by atomic mass is 9.84. The molecule has 104 valence electrons. The number of hydrogen-bond acceptors (Lipinski definition) is 3. The summed E-state index contributed by atoms with van der Waals surface area (Å²) in [5.41, 5.74) is -0.463. The molecule has 0 aromatic rings. The van der Waals surface area contributed by atoms with Gasteiger partial charge in [0.25, 0.3) is 0 Å². The Balaban J connectivity index is 1.93. The van der Waals surface area contributed by atoms with Gasteiger partial charge in [-0.05, 0) is 38.1 Å². The van der Waals surface area contributed by atoms with E-state index in [1.165, 1.54) is 12.8 Å². The Labute approximate surface area is 109 Å². The van der Waals surface area contributed by atoms with Crippen molar-refractivity contribution in [3.63, 3.8) is 0 Å². The van der Waals surface area contributed by atoms with Crippen molar-refractivity contribution in [1.82, 2.24) is 4.90 Å². The molecule has 1 saturated carbocycles. The van der Waals surface area contributed by atoms with E-state index in [-0.39, 0.29) is 0 Å². The smallest absolute Gasteiger partial charge is 0.310 e. The van der Waals surface area contributed by atoms with E-state index in [1.54, 1.807) is 7.11 Å². The average Bonchev–Trinajstić information content (AvgIpc) is 2.80. The second kappa shape index (κ2) is 6.02. The summed E-state index contributed by atoms with van der Waals surface area (Å²) >= 11 is 0. The first kappa shape index (κ1) is 13.8. The molecular formula is C14H25NO3. The molecule has 1 aliphatic heterocycles. The van der Waals surface area contributed by atoms with Gasteiger partial charge < -0.3 is 14.7 Å². The summed E-state index contributed by atoms with van der Waals surface area (Å²) in [5, 5.41) is 9.51. The van der Waals surface area contributed by atoms with Crippen LogP contribution in [0, 0.1) is 11.3 Å². The van der Waals surface area contributed by atoms with Gasteiger partial charge in [0.15, 0.2) is 0 Å². The van der Waals surface area contributed by atoms with Crippen LogP contribution in [-0.2, 0) is 9.53 Å². The standard InChI is InChI=1S/C14H25NO3/c1-18-10-12-5-4-8-15(9-12)11-14(13(16)17)6-2-3-7-14/h12H,2-11H2,1H3,(H,16,17). The Bertz CT molecular complexity index is 285. The summed E-state index contributed by atoms with van der Waals surface area (Å²) < 4.78 is 5.23. The minimum Gasteiger partial charge on any atom is -0.481 e. The first-order valence-corrected chi connectivity index (χ1v) is 7.11. The molecule has 2 fully saturated rings. The summed E-state index contributed by atoms with van der Waals surface area (Å²) in [6.07, 6.45) is 6.24. The first-order chi connectivity index (χ1) is 8.66. The van der Waals surface area contributed by atoms with Gasteiger partial charge in [0, 0.05) is 20.2 Å². The predicted molar refractivity (Wildman–Crippen MR) is 69.6 cm³/mol. The van der Waals surface area contributed by atoms with Gasteiger partial charge in [-0.3, -0.25) is 4.79 Å². The van der Waals surface area contributed by atoms with Crippen molar-refractivity contribution in [2.24, 2.45) is 11.3 Å². The highest BCUT2D eigenvalue weighted by Crippen LogP contribution is 2.39. The van der Waals surface area contributed by atoms with E-state index in [9.17, 15) is 9.90 Å². The maximum Gasteiger partial charge on any atom is 0.310 e. The Hall–Kier alpha value is -0.610. The molecule has 1 atom stereocenters. The second-order valence-corrected chi connectivity index (χ2v) is 5.99. The molecule has 2 rings (SSSR count). The Kier molecular flexibility index (Phi) is 4.62. The zero-order valence-corrected chi connectivity index (χ0v) is 11.4. The molecule has 4 nitrogen and oxygen atoms in total. The van der Waals surface area contributed by atoms with Crippen LogP contribution in [0.4, 0.5) is 0 Å². The number of carbonyl (C=O) groups is 1. The summed E-state index contributed by atoms with van der Waals surface area (Å²) in [4.78, 5) is 13.9. The quantitative estimate of drug-likeness (QED) is 0.816. The van der Waals surface area contributed by atoms with Crippen molar-refractivity contribution in [1.29, 1.82) is 0 Å². The van der Waals surface area contributed by atoms with Crippen molar-refractivity contribution in [2.45, 2.75) is 38.5 Å². The summed E-state index contributed by atoms with van der Waals surface area (Å²) in [6.45, 7) is 3.59. The number of ether oxygens (including phenoxy) is 1. The van der Waals surface area contributed by atoms with Gasteiger partial charge in [-0.15, -0.1) is 0 Å². The van der Waals surface area contributed by atoms with Gasteiger partial charge in [-0.1, -0.05) is 12.8 Å². The highest BCUT2D eigenvalue weighted by atomic mass is 16.5. The fourth-order valence-electron chi connectivity index (χ4n) is 3.59. The van der Waals surface area contributed by atoms with Gasteiger partial charge >= 0.3 is 5.97 Å². The van der Waals surface area contributed by atoms with Gasteiger partial charge in [-0.25, -0.2) is 0 Å². The van der Waals surface area contributed by atoms with E-state index in [0.29, 0.717) is 5.92 Å². The number of nitrogens with zero attached hydrogens (tertiary/aromatic N) is 1. The Morgan fingerprint density at radius 2 is 2.11 bits per heavy atom. The third-order valence-electron chi connectivity index (χ3n) is 4.55. The van der Waals surface area contributed by atoms with Gasteiger partial charge in [0.1, 0.15) is 0 Å². The summed E-state index contributed by atoms with van der Waals surface area (Å²) in [7, 11) is 1.74. The van der Waals surface area contributed by atoms with Crippen molar-refractivity contribution in [2.75, 3.05) is 33.4 Å². The molecule has 0 amide bonds. The molecule has 0 bridgehead atoms. The molecule has 4 heteroatoms. The number of likely N-dealkylation sites (tertiary alicyclic amines) is 1. The second-order valence-electron chi connectivity index (χ2n) is 5.99. The Morgan fingerprint density at radius 3 is 2.72 bits per heavy atom. The van der Waals surface area contributed by atoms with Crippen LogP contribution in [0.5, 0.6) is 0 Å². The molecule has 0 aromatic heterocycles. The first-order valence-electron chi connectivity index (χ1n) is 7.11. The molecule has 1 saturated heterocycles. The van der Waals surface area contributed by atoms with E-state index in [4.69, 9.17) is 4.74 Å². The summed E-state index contributed by atoms with van der Waals surface area (Å²) in [6, 6.07) is 0. The third kappa shape index (κ3) is 3.04. The number of aliphatic carboxylic acids is 1. The minimum absolute atomic E-state index is 0.463. The number of carboxylic acids is 1. The molecule has 1 N–H and O–H groups in total. The predicted octanol–water partition coefficient (Wildman–Crippen LogP) is 1.99. The lowest BCUT2D eigenvalue weighted by Gasteiger charge is -2.37. The van der Waals surface area contributed by atoms with E-state index < -0.39 is 11.4 Å². The van der Waals surface area contributed by atoms with E-state index in [1.807, 2.05) is 0 Å². The SMILES string of the molecule is COCC1CCCN(CC2(C(=O)O)CCCC2)C1. The van der Waals surface area contributed by atoms with Crippen LogP contribution in [0.1, 0.15) is 38.5 Å². The van der Waals surface area contributed by atoms with Crippen molar-refractivity contribution < 1.29 is 14.6 Å². The van der Waals surface area contributed by atoms with Gasteiger partial charge in [0.2, 0.25) is 0 Å². The molecule has 0 spiro atoms. The molecule has 1 unspecified atom stereocenters. The Morgan fingerprint density at radius 1 is 1.39 bits per heavy atom. The molecule has 2 aliphatic rings. The fourth-order valence-corrected chi connectivity index (χ4v) is 3.59. The van der Waals surface area contributed by atoms with Gasteiger partial charge in [0.05, 0.1) is 12.0 Å². The highest BCUT2D eigenvalue weighted by Gasteiger charge is 2.43. The van der Waals surface area contributed by atoms with Crippen molar-refractivity contribution >= 4 is 5.97 Å². The molecule has 18 heavy (non-hydrogen) atoms. The van der Waals surface area contributed by atoms with E-state index in [2.05, 4.69) is 4.90 Å². The maximum absolute atomic E-state index is 11.6. The lowest BCUT2D eigenvalue weighted by molar-refractivity contribution is -0.150. The molecular weight excluding hydrogens is 230 g/mol. The number of carboxylic acid groups (broad SMARTS) is 1. The zero-order valence-electron chi connectivity index (χ0n) is 11.4. The van der Waals surface area contributed by atoms with Crippen molar-refractivity contribution in [3.8, 4) is 0 Å². The van der Waals surface area contributed by atoms with E-state index in [0.717, 1.165) is 51.9 Å². The third-order valence-corrected chi connectivity index (χ3v) is 4.55. The number of methoxy groups -OCH3 is 1. The van der Waals surface area contributed by atoms with Crippen LogP contribution in [0.2, 0.25) is 0 Å². The topological polar surface area (TPSA) is 49.8 Å². The largest absolute Gasteiger partial charge is 0.481 e. The number of piperidine rings is 1. The van der Waals surface area contributed by atoms with Crippen LogP contribution >= 0.6 is 0 Å². The number of rotatable bonds is 5. The van der Waals surface area contributed by atoms with Crippen molar-refractivity contribution in [3.05, 3.63) is 0 Å². The monoisotopic (exact) mass is 255 g/mol. The highest BCUT2D eigenvalue weighted by molar-refractivity contribution is 5.75. The normalized spacial score (nSPS) is 28.4. The molecule has 0 radical (unpaired) electrons. The number of hydrogen-bond donors (Lipinski definition) is 1. The van der Waals surface area contributed by atoms with E-state index >= 15 is 0 Å². The minimum atomic E-state index is -0.589. The van der Waals surface area contributed by atoms with Crippen LogP contribution < -0.4 is 0 Å². The van der Waals surface area contributed by atoms with Crippen LogP contribution in [0.3, 0.4) is 0 Å². The van der Waals surface area contributed by atoms with Gasteiger partial charge in [-0.2, -0.15) is 0 Å². The summed E-state index contributed by atoms with van der Waals surface area (Å²) in [5.74, 6) is -0.00939. The van der Waals surface area contributed by atoms with Crippen LogP contribution in [0.15, 0.2) is 0 Å². The van der Waals surface area contributed by atoms with Crippen LogP contribution in [-0.4, -0.2) is 49.3 Å². The fraction of sp³-hybridized carbons (Fsp3) is 0.929. The lowest BCUT2D eigenvalue weighted by Crippen LogP contribution is -2.46. The molecule has 0 aromatic carbocycles. The molecule has 1 aliphatic carbocycles. The van der Waals surface area contributed by atoms with Crippen LogP contribution in [0.25, 0.3) is 0 Å². The molecule has 1 heterocycles. The maximum atomic E-state index is 11.6.